The Hall–Kier alpha value is -2.51. The standard InChI is InChI=1S/C14H14F2N4O2/c1-9-4-3-5-10(6-9)13(7-14(13,15)16)11(21)18-20-8-17-19(2)12(20)22/h3-6,8H,7H2,1-2H3,(H,18,21). The highest BCUT2D eigenvalue weighted by Crippen LogP contribution is 2.61. The van der Waals surface area contributed by atoms with Crippen LogP contribution < -0.4 is 11.1 Å². The molecule has 1 aromatic carbocycles. The van der Waals surface area contributed by atoms with E-state index in [1.54, 1.807) is 25.1 Å². The van der Waals surface area contributed by atoms with Gasteiger partial charge < -0.3 is 0 Å². The van der Waals surface area contributed by atoms with Crippen molar-refractivity contribution < 1.29 is 13.6 Å². The van der Waals surface area contributed by atoms with Crippen LogP contribution in [0.4, 0.5) is 8.78 Å². The van der Waals surface area contributed by atoms with Crippen molar-refractivity contribution in [1.82, 2.24) is 14.5 Å². The van der Waals surface area contributed by atoms with Crippen molar-refractivity contribution in [3.8, 4) is 0 Å². The summed E-state index contributed by atoms with van der Waals surface area (Å²) in [6.45, 7) is 1.77. The third kappa shape index (κ3) is 1.94. The molecular weight excluding hydrogens is 294 g/mol. The number of aryl methyl sites for hydroxylation is 2. The monoisotopic (exact) mass is 308 g/mol. The molecule has 22 heavy (non-hydrogen) atoms. The van der Waals surface area contributed by atoms with Crippen molar-refractivity contribution in [3.63, 3.8) is 0 Å². The molecule has 1 aromatic heterocycles. The molecule has 1 saturated carbocycles. The number of carbonyl (C=O) groups excluding carboxylic acids is 1. The van der Waals surface area contributed by atoms with E-state index in [1.807, 2.05) is 0 Å². The van der Waals surface area contributed by atoms with Crippen LogP contribution in [0.1, 0.15) is 17.5 Å². The molecule has 1 amide bonds. The van der Waals surface area contributed by atoms with Crippen molar-refractivity contribution in [3.05, 3.63) is 52.2 Å². The highest BCUT2D eigenvalue weighted by atomic mass is 19.3. The summed E-state index contributed by atoms with van der Waals surface area (Å²) in [5.74, 6) is -4.06. The van der Waals surface area contributed by atoms with Crippen molar-refractivity contribution in [2.45, 2.75) is 24.7 Å². The van der Waals surface area contributed by atoms with E-state index in [4.69, 9.17) is 0 Å². The molecule has 1 heterocycles. The summed E-state index contributed by atoms with van der Waals surface area (Å²) >= 11 is 0. The second kappa shape index (κ2) is 4.49. The van der Waals surface area contributed by atoms with Crippen LogP contribution in [0.5, 0.6) is 0 Å². The average Bonchev–Trinajstić information content (AvgIpc) is 2.93. The van der Waals surface area contributed by atoms with E-state index in [9.17, 15) is 18.4 Å². The highest BCUT2D eigenvalue weighted by Gasteiger charge is 2.76. The van der Waals surface area contributed by atoms with Crippen LogP contribution in [0.3, 0.4) is 0 Å². The molecule has 0 bridgehead atoms. The van der Waals surface area contributed by atoms with Crippen molar-refractivity contribution >= 4 is 5.91 Å². The van der Waals surface area contributed by atoms with E-state index in [0.29, 0.717) is 0 Å². The molecule has 8 heteroatoms. The van der Waals surface area contributed by atoms with Crippen molar-refractivity contribution in [1.29, 1.82) is 0 Å². The van der Waals surface area contributed by atoms with Gasteiger partial charge in [0.1, 0.15) is 11.7 Å². The maximum absolute atomic E-state index is 14.0. The zero-order chi connectivity index (χ0) is 16.1. The number of hydrogen-bond acceptors (Lipinski definition) is 3. The number of benzene rings is 1. The smallest absolute Gasteiger partial charge is 0.272 e. The van der Waals surface area contributed by atoms with E-state index in [2.05, 4.69) is 10.5 Å². The van der Waals surface area contributed by atoms with E-state index in [1.165, 1.54) is 13.1 Å². The Morgan fingerprint density at radius 2 is 2.09 bits per heavy atom. The summed E-state index contributed by atoms with van der Waals surface area (Å²) < 4.78 is 29.7. The van der Waals surface area contributed by atoms with E-state index in [-0.39, 0.29) is 5.56 Å². The summed E-state index contributed by atoms with van der Waals surface area (Å²) in [5, 5.41) is 3.66. The summed E-state index contributed by atoms with van der Waals surface area (Å²) in [4.78, 5) is 24.1. The number of rotatable bonds is 3. The predicted molar refractivity (Wildman–Crippen MR) is 74.3 cm³/mol. The molecule has 1 fully saturated rings. The van der Waals surface area contributed by atoms with E-state index >= 15 is 0 Å². The lowest BCUT2D eigenvalue weighted by molar-refractivity contribution is -0.122. The zero-order valence-corrected chi connectivity index (χ0v) is 12.0. The first kappa shape index (κ1) is 14.4. The number of alkyl halides is 2. The highest BCUT2D eigenvalue weighted by molar-refractivity contribution is 5.99. The van der Waals surface area contributed by atoms with Gasteiger partial charge in [-0.25, -0.2) is 18.3 Å². The third-order valence-electron chi connectivity index (χ3n) is 3.93. The van der Waals surface area contributed by atoms with Crippen LogP contribution in [-0.4, -0.2) is 26.3 Å². The first-order valence-corrected chi connectivity index (χ1v) is 6.65. The van der Waals surface area contributed by atoms with Crippen molar-refractivity contribution in [2.24, 2.45) is 7.05 Å². The van der Waals surface area contributed by atoms with Gasteiger partial charge in [-0.05, 0) is 12.5 Å². The Morgan fingerprint density at radius 3 is 2.59 bits per heavy atom. The number of hydrogen-bond donors (Lipinski definition) is 1. The van der Waals surface area contributed by atoms with Crippen LogP contribution in [0.15, 0.2) is 35.4 Å². The zero-order valence-electron chi connectivity index (χ0n) is 12.0. The molecule has 3 rings (SSSR count). The molecule has 0 radical (unpaired) electrons. The predicted octanol–water partition coefficient (Wildman–Crippen LogP) is 0.937. The number of halogens is 2. The van der Waals surface area contributed by atoms with Gasteiger partial charge >= 0.3 is 5.69 Å². The van der Waals surface area contributed by atoms with Crippen LogP contribution in [0.2, 0.25) is 0 Å². The summed E-state index contributed by atoms with van der Waals surface area (Å²) in [7, 11) is 1.40. The SMILES string of the molecule is Cc1cccc(C2(C(=O)Nn3cnn(C)c3=O)CC2(F)F)c1. The molecule has 0 saturated heterocycles. The van der Waals surface area contributed by atoms with Gasteiger partial charge in [-0.15, -0.1) is 0 Å². The van der Waals surface area contributed by atoms with Gasteiger partial charge in [0.05, 0.1) is 0 Å². The van der Waals surface area contributed by atoms with Crippen LogP contribution in [0.25, 0.3) is 0 Å². The maximum atomic E-state index is 14.0. The Morgan fingerprint density at radius 1 is 1.41 bits per heavy atom. The number of nitrogens with zero attached hydrogens (tertiary/aromatic N) is 3. The third-order valence-corrected chi connectivity index (χ3v) is 3.93. The topological polar surface area (TPSA) is 68.9 Å². The lowest BCUT2D eigenvalue weighted by Gasteiger charge is -2.17. The number of aromatic nitrogens is 3. The molecule has 116 valence electrons. The average molecular weight is 308 g/mol. The quantitative estimate of drug-likeness (QED) is 0.917. The van der Waals surface area contributed by atoms with Gasteiger partial charge in [0, 0.05) is 13.5 Å². The second-order valence-electron chi connectivity index (χ2n) is 5.50. The first-order chi connectivity index (χ1) is 10.3. The molecule has 1 unspecified atom stereocenters. The van der Waals surface area contributed by atoms with Gasteiger partial charge in [-0.1, -0.05) is 29.8 Å². The molecule has 0 aliphatic heterocycles. The Bertz CT molecular complexity index is 811. The fourth-order valence-corrected chi connectivity index (χ4v) is 2.56. The number of nitrogens with one attached hydrogen (secondary N) is 1. The van der Waals surface area contributed by atoms with Crippen LogP contribution >= 0.6 is 0 Å². The minimum atomic E-state index is -3.14. The van der Waals surface area contributed by atoms with Gasteiger partial charge in [0.15, 0.2) is 0 Å². The summed E-state index contributed by atoms with van der Waals surface area (Å²) in [5.41, 5.74) is 0.685. The second-order valence-corrected chi connectivity index (χ2v) is 5.50. The lowest BCUT2D eigenvalue weighted by Crippen LogP contribution is -2.41. The van der Waals surface area contributed by atoms with Crippen molar-refractivity contribution in [2.75, 3.05) is 5.43 Å². The Kier molecular flexibility index (Phi) is 2.95. The molecule has 6 nitrogen and oxygen atoms in total. The lowest BCUT2D eigenvalue weighted by atomic mass is 9.93. The van der Waals surface area contributed by atoms with Gasteiger partial charge in [0.2, 0.25) is 0 Å². The normalized spacial score (nSPS) is 22.4. The number of amides is 1. The molecule has 1 aliphatic carbocycles. The Labute approximate surface area is 124 Å². The number of carbonyl (C=O) groups is 1. The summed E-state index contributed by atoms with van der Waals surface area (Å²) in [6.07, 6.45) is 0.495. The van der Waals surface area contributed by atoms with Gasteiger partial charge in [-0.3, -0.25) is 10.2 Å². The fourth-order valence-electron chi connectivity index (χ4n) is 2.56. The van der Waals surface area contributed by atoms with E-state index in [0.717, 1.165) is 21.2 Å². The minimum Gasteiger partial charge on any atom is -0.272 e. The maximum Gasteiger partial charge on any atom is 0.364 e. The molecule has 2 aromatic rings. The van der Waals surface area contributed by atoms with Gasteiger partial charge in [0.25, 0.3) is 11.8 Å². The molecule has 1 aliphatic rings. The Balaban J connectivity index is 1.97. The molecule has 1 N–H and O–H groups in total. The largest absolute Gasteiger partial charge is 0.364 e. The molecular formula is C14H14F2N4O2. The summed E-state index contributed by atoms with van der Waals surface area (Å²) in [6, 6.07) is 6.46. The van der Waals surface area contributed by atoms with E-state index < -0.39 is 29.4 Å². The first-order valence-electron chi connectivity index (χ1n) is 6.65. The van der Waals surface area contributed by atoms with Crippen LogP contribution in [0, 0.1) is 6.92 Å². The van der Waals surface area contributed by atoms with Crippen LogP contribution in [-0.2, 0) is 17.3 Å². The molecule has 0 spiro atoms. The fraction of sp³-hybridized carbons (Fsp3) is 0.357. The van der Waals surface area contributed by atoms with Gasteiger partial charge in [-0.2, -0.15) is 9.77 Å². The molecule has 1 atom stereocenters. The minimum absolute atomic E-state index is 0.243.